The fourth-order valence-electron chi connectivity index (χ4n) is 2.34. The third kappa shape index (κ3) is 7.50. The van der Waals surface area contributed by atoms with Gasteiger partial charge in [0.2, 0.25) is 15.9 Å². The van der Waals surface area contributed by atoms with Crippen molar-refractivity contribution in [3.05, 3.63) is 29.8 Å². The SMILES string of the molecule is CCCCCNC(=O)CCCN(c1cccc(C)c1)S(C)(=O)=O. The number of nitrogens with zero attached hydrogens (tertiary/aromatic N) is 1. The van der Waals surface area contributed by atoms with Crippen LogP contribution in [-0.4, -0.2) is 33.7 Å². The number of hydrogen-bond acceptors (Lipinski definition) is 3. The fraction of sp³-hybridized carbons (Fsp3) is 0.588. The van der Waals surface area contributed by atoms with Crippen LogP contribution in [0.5, 0.6) is 0 Å². The molecule has 5 nitrogen and oxygen atoms in total. The molecule has 0 aromatic heterocycles. The number of carbonyl (C=O) groups is 1. The summed E-state index contributed by atoms with van der Waals surface area (Å²) in [6.07, 6.45) is 5.25. The molecule has 0 bridgehead atoms. The first-order valence-corrected chi connectivity index (χ1v) is 10.0. The summed E-state index contributed by atoms with van der Waals surface area (Å²) in [5.74, 6) is -0.0150. The first-order valence-electron chi connectivity index (χ1n) is 8.15. The maximum Gasteiger partial charge on any atom is 0.232 e. The van der Waals surface area contributed by atoms with Crippen molar-refractivity contribution >= 4 is 21.6 Å². The monoisotopic (exact) mass is 340 g/mol. The molecule has 0 radical (unpaired) electrons. The van der Waals surface area contributed by atoms with E-state index in [-0.39, 0.29) is 5.91 Å². The van der Waals surface area contributed by atoms with Crippen molar-refractivity contribution < 1.29 is 13.2 Å². The molecule has 0 atom stereocenters. The lowest BCUT2D eigenvalue weighted by Gasteiger charge is -2.22. The van der Waals surface area contributed by atoms with Crippen LogP contribution in [0.4, 0.5) is 5.69 Å². The molecule has 0 unspecified atom stereocenters. The minimum Gasteiger partial charge on any atom is -0.356 e. The first kappa shape index (κ1) is 19.5. The molecule has 0 spiro atoms. The molecule has 0 fully saturated rings. The van der Waals surface area contributed by atoms with Crippen LogP contribution in [0.2, 0.25) is 0 Å². The summed E-state index contributed by atoms with van der Waals surface area (Å²) >= 11 is 0. The van der Waals surface area contributed by atoms with Crippen molar-refractivity contribution in [3.8, 4) is 0 Å². The Balaban J connectivity index is 2.52. The van der Waals surface area contributed by atoms with E-state index < -0.39 is 10.0 Å². The van der Waals surface area contributed by atoms with E-state index in [1.807, 2.05) is 25.1 Å². The Morgan fingerprint density at radius 1 is 1.22 bits per heavy atom. The molecule has 6 heteroatoms. The number of hydrogen-bond donors (Lipinski definition) is 1. The van der Waals surface area contributed by atoms with Crippen LogP contribution in [0.3, 0.4) is 0 Å². The molecule has 0 saturated carbocycles. The molecule has 1 N–H and O–H groups in total. The van der Waals surface area contributed by atoms with Crippen LogP contribution in [-0.2, 0) is 14.8 Å². The van der Waals surface area contributed by atoms with Gasteiger partial charge in [0.15, 0.2) is 0 Å². The lowest BCUT2D eigenvalue weighted by molar-refractivity contribution is -0.121. The average Bonchev–Trinajstić information content (AvgIpc) is 2.47. The van der Waals surface area contributed by atoms with E-state index in [9.17, 15) is 13.2 Å². The number of benzene rings is 1. The largest absolute Gasteiger partial charge is 0.356 e. The Morgan fingerprint density at radius 2 is 1.96 bits per heavy atom. The van der Waals surface area contributed by atoms with Gasteiger partial charge in [-0.2, -0.15) is 0 Å². The second-order valence-corrected chi connectivity index (χ2v) is 7.74. The van der Waals surface area contributed by atoms with Crippen molar-refractivity contribution in [2.75, 3.05) is 23.7 Å². The fourth-order valence-corrected chi connectivity index (χ4v) is 3.30. The molecule has 0 aliphatic carbocycles. The summed E-state index contributed by atoms with van der Waals surface area (Å²) in [7, 11) is -3.36. The highest BCUT2D eigenvalue weighted by Gasteiger charge is 2.17. The topological polar surface area (TPSA) is 66.5 Å². The van der Waals surface area contributed by atoms with Crippen LogP contribution < -0.4 is 9.62 Å². The van der Waals surface area contributed by atoms with E-state index in [4.69, 9.17) is 0 Å². The second kappa shape index (κ2) is 9.55. The number of aryl methyl sites for hydroxylation is 1. The normalized spacial score (nSPS) is 11.3. The highest BCUT2D eigenvalue weighted by molar-refractivity contribution is 7.92. The highest BCUT2D eigenvalue weighted by atomic mass is 32.2. The summed E-state index contributed by atoms with van der Waals surface area (Å²) in [5, 5.41) is 2.87. The molecule has 0 aliphatic rings. The number of amides is 1. The second-order valence-electron chi connectivity index (χ2n) is 5.83. The summed E-state index contributed by atoms with van der Waals surface area (Å²) in [5.41, 5.74) is 1.65. The number of carbonyl (C=O) groups excluding carboxylic acids is 1. The number of anilines is 1. The lowest BCUT2D eigenvalue weighted by atomic mass is 10.2. The first-order chi connectivity index (χ1) is 10.8. The predicted molar refractivity (Wildman–Crippen MR) is 95.1 cm³/mol. The van der Waals surface area contributed by atoms with Gasteiger partial charge in [0.05, 0.1) is 11.9 Å². The van der Waals surface area contributed by atoms with Gasteiger partial charge in [-0.05, 0) is 37.5 Å². The molecule has 1 aromatic carbocycles. The highest BCUT2D eigenvalue weighted by Crippen LogP contribution is 2.19. The van der Waals surface area contributed by atoms with Crippen molar-refractivity contribution in [1.29, 1.82) is 0 Å². The zero-order valence-electron chi connectivity index (χ0n) is 14.3. The van der Waals surface area contributed by atoms with E-state index in [1.54, 1.807) is 6.07 Å². The zero-order chi connectivity index (χ0) is 17.3. The molecule has 130 valence electrons. The molecular formula is C17H28N2O3S. The molecular weight excluding hydrogens is 312 g/mol. The summed E-state index contributed by atoms with van der Waals surface area (Å²) in [6, 6.07) is 7.38. The molecule has 0 aliphatic heterocycles. The van der Waals surface area contributed by atoms with Gasteiger partial charge in [-0.25, -0.2) is 8.42 Å². The van der Waals surface area contributed by atoms with Gasteiger partial charge in [-0.1, -0.05) is 31.9 Å². The Morgan fingerprint density at radius 3 is 2.57 bits per heavy atom. The minimum atomic E-state index is -3.36. The standard InChI is InChI=1S/C17H28N2O3S/c1-4-5-6-12-18-17(20)11-8-13-19(23(3,21)22)16-10-7-9-15(2)14-16/h7,9-10,14H,4-6,8,11-13H2,1-3H3,(H,18,20). The van der Waals surface area contributed by atoms with Gasteiger partial charge in [0.1, 0.15) is 0 Å². The van der Waals surface area contributed by atoms with Gasteiger partial charge in [-0.15, -0.1) is 0 Å². The Bertz CT molecular complexity index is 600. The van der Waals surface area contributed by atoms with Gasteiger partial charge < -0.3 is 5.32 Å². The van der Waals surface area contributed by atoms with E-state index in [0.29, 0.717) is 31.6 Å². The Kier molecular flexibility index (Phi) is 8.09. The van der Waals surface area contributed by atoms with Crippen LogP contribution in [0.25, 0.3) is 0 Å². The van der Waals surface area contributed by atoms with Crippen molar-refractivity contribution in [3.63, 3.8) is 0 Å². The van der Waals surface area contributed by atoms with E-state index in [2.05, 4.69) is 12.2 Å². The molecule has 0 heterocycles. The lowest BCUT2D eigenvalue weighted by Crippen LogP contribution is -2.32. The van der Waals surface area contributed by atoms with Gasteiger partial charge in [0, 0.05) is 19.5 Å². The quantitative estimate of drug-likeness (QED) is 0.666. The Labute approximate surface area is 140 Å². The maximum absolute atomic E-state index is 12.0. The van der Waals surface area contributed by atoms with E-state index in [0.717, 1.165) is 24.8 Å². The van der Waals surface area contributed by atoms with Crippen LogP contribution in [0, 0.1) is 6.92 Å². The third-order valence-electron chi connectivity index (χ3n) is 3.56. The summed E-state index contributed by atoms with van der Waals surface area (Å²) in [6.45, 7) is 5.05. The predicted octanol–water partition coefficient (Wildman–Crippen LogP) is 2.85. The van der Waals surface area contributed by atoms with Crippen molar-refractivity contribution in [2.24, 2.45) is 0 Å². The average molecular weight is 340 g/mol. The van der Waals surface area contributed by atoms with E-state index >= 15 is 0 Å². The molecule has 1 aromatic rings. The van der Waals surface area contributed by atoms with Crippen LogP contribution in [0.1, 0.15) is 44.6 Å². The minimum absolute atomic E-state index is 0.0150. The van der Waals surface area contributed by atoms with Crippen LogP contribution >= 0.6 is 0 Å². The van der Waals surface area contributed by atoms with Gasteiger partial charge >= 0.3 is 0 Å². The number of sulfonamides is 1. The smallest absolute Gasteiger partial charge is 0.232 e. The summed E-state index contributed by atoms with van der Waals surface area (Å²) in [4.78, 5) is 11.7. The molecule has 1 amide bonds. The summed E-state index contributed by atoms with van der Waals surface area (Å²) < 4.78 is 25.3. The molecule has 0 saturated heterocycles. The number of rotatable bonds is 10. The van der Waals surface area contributed by atoms with E-state index in [1.165, 1.54) is 10.6 Å². The third-order valence-corrected chi connectivity index (χ3v) is 4.75. The van der Waals surface area contributed by atoms with Crippen molar-refractivity contribution in [2.45, 2.75) is 46.0 Å². The van der Waals surface area contributed by atoms with Crippen molar-refractivity contribution in [1.82, 2.24) is 5.32 Å². The molecule has 23 heavy (non-hydrogen) atoms. The number of unbranched alkanes of at least 4 members (excludes halogenated alkanes) is 2. The maximum atomic E-state index is 12.0. The van der Waals surface area contributed by atoms with Gasteiger partial charge in [0.25, 0.3) is 0 Å². The molecule has 1 rings (SSSR count). The Hall–Kier alpha value is -1.56. The van der Waals surface area contributed by atoms with Crippen LogP contribution in [0.15, 0.2) is 24.3 Å². The zero-order valence-corrected chi connectivity index (χ0v) is 15.2. The number of nitrogens with one attached hydrogen (secondary N) is 1. The van der Waals surface area contributed by atoms with Gasteiger partial charge in [-0.3, -0.25) is 9.10 Å².